The van der Waals surface area contributed by atoms with E-state index >= 15 is 0 Å². The molecule has 0 amide bonds. The molecule has 0 aliphatic rings. The zero-order valence-corrected chi connectivity index (χ0v) is 66.3. The van der Waals surface area contributed by atoms with Crippen LogP contribution in [0, 0.1) is 0 Å². The highest BCUT2D eigenvalue weighted by molar-refractivity contribution is 7.47. The zero-order chi connectivity index (χ0) is 72.5. The Morgan fingerprint density at radius 2 is 0.404 bits per heavy atom. The summed E-state index contributed by atoms with van der Waals surface area (Å²) in [6.07, 6.45) is 66.5. The fourth-order valence-electron chi connectivity index (χ4n) is 12.5. The smallest absolute Gasteiger partial charge is 0.462 e. The van der Waals surface area contributed by atoms with Crippen LogP contribution in [0.5, 0.6) is 0 Å². The van der Waals surface area contributed by atoms with Gasteiger partial charge >= 0.3 is 39.5 Å². The second-order valence-electron chi connectivity index (χ2n) is 28.8. The molecule has 19 heteroatoms. The van der Waals surface area contributed by atoms with E-state index in [-0.39, 0.29) is 25.7 Å². The first kappa shape index (κ1) is 97.1. The summed E-state index contributed by atoms with van der Waals surface area (Å²) >= 11 is 0. The van der Waals surface area contributed by atoms with Crippen molar-refractivity contribution in [3.05, 3.63) is 0 Å². The Labute approximate surface area is 607 Å². The molecule has 0 aliphatic carbocycles. The van der Waals surface area contributed by atoms with E-state index in [9.17, 15) is 43.2 Å². The van der Waals surface area contributed by atoms with E-state index in [0.29, 0.717) is 25.7 Å². The van der Waals surface area contributed by atoms with Gasteiger partial charge in [-0.1, -0.05) is 381 Å². The van der Waals surface area contributed by atoms with Gasteiger partial charge in [0.05, 0.1) is 26.4 Å². The van der Waals surface area contributed by atoms with Crippen LogP contribution in [0.25, 0.3) is 0 Å². The minimum absolute atomic E-state index is 0.109. The van der Waals surface area contributed by atoms with Gasteiger partial charge < -0.3 is 33.8 Å². The van der Waals surface area contributed by atoms with Gasteiger partial charge in [0.25, 0.3) is 0 Å². The van der Waals surface area contributed by atoms with Crippen LogP contribution in [-0.2, 0) is 65.4 Å². The Morgan fingerprint density at radius 1 is 0.242 bits per heavy atom. The summed E-state index contributed by atoms with van der Waals surface area (Å²) in [6, 6.07) is 0. The van der Waals surface area contributed by atoms with Crippen molar-refractivity contribution in [2.24, 2.45) is 0 Å². The summed E-state index contributed by atoms with van der Waals surface area (Å²) in [6.45, 7) is 5.01. The maximum Gasteiger partial charge on any atom is 0.472 e. The Morgan fingerprint density at radius 3 is 0.596 bits per heavy atom. The largest absolute Gasteiger partial charge is 0.472 e. The second-order valence-corrected chi connectivity index (χ2v) is 31.7. The molecule has 0 aromatic carbocycles. The number of aliphatic hydroxyl groups is 1. The van der Waals surface area contributed by atoms with Crippen LogP contribution >= 0.6 is 15.6 Å². The third kappa shape index (κ3) is 74.1. The van der Waals surface area contributed by atoms with E-state index in [0.717, 1.165) is 89.9 Å². The van der Waals surface area contributed by atoms with E-state index in [2.05, 4.69) is 27.7 Å². The van der Waals surface area contributed by atoms with Gasteiger partial charge in [-0.2, -0.15) is 0 Å². The Bertz CT molecular complexity index is 1880. The first-order chi connectivity index (χ1) is 48.2. The fourth-order valence-corrected chi connectivity index (χ4v) is 14.0. The third-order valence-electron chi connectivity index (χ3n) is 18.9. The molecule has 0 aromatic rings. The van der Waals surface area contributed by atoms with Crippen molar-refractivity contribution in [1.29, 1.82) is 0 Å². The average Bonchev–Trinajstić information content (AvgIpc) is 1.19. The number of phosphoric ester groups is 2. The maximum atomic E-state index is 13.1. The lowest BCUT2D eigenvalue weighted by atomic mass is 10.0. The molecule has 2 unspecified atom stereocenters. The average molecular weight is 1450 g/mol. The van der Waals surface area contributed by atoms with Crippen molar-refractivity contribution < 1.29 is 80.2 Å². The van der Waals surface area contributed by atoms with Gasteiger partial charge in [-0.15, -0.1) is 0 Å². The van der Waals surface area contributed by atoms with Crippen LogP contribution in [0.15, 0.2) is 0 Å². The van der Waals surface area contributed by atoms with E-state index in [4.69, 9.17) is 37.0 Å². The molecule has 0 saturated carbocycles. The molecule has 0 saturated heterocycles. The van der Waals surface area contributed by atoms with Crippen LogP contribution in [0.3, 0.4) is 0 Å². The van der Waals surface area contributed by atoms with Gasteiger partial charge in [0, 0.05) is 25.7 Å². The summed E-state index contributed by atoms with van der Waals surface area (Å²) < 4.78 is 68.7. The van der Waals surface area contributed by atoms with Gasteiger partial charge in [0.2, 0.25) is 0 Å². The minimum atomic E-state index is -4.96. The number of aliphatic hydroxyl groups excluding tert-OH is 1. The number of ether oxygens (including phenoxy) is 4. The molecule has 17 nitrogen and oxygen atoms in total. The summed E-state index contributed by atoms with van der Waals surface area (Å²) in [5, 5.41) is 10.6. The Kier molecular flexibility index (Phi) is 72.9. The molecule has 5 atom stereocenters. The summed E-state index contributed by atoms with van der Waals surface area (Å²) in [5.74, 6) is -2.10. The second kappa shape index (κ2) is 74.3. The minimum Gasteiger partial charge on any atom is -0.462 e. The van der Waals surface area contributed by atoms with Gasteiger partial charge in [-0.05, 0) is 25.7 Å². The van der Waals surface area contributed by atoms with Crippen LogP contribution in [-0.4, -0.2) is 96.7 Å². The van der Waals surface area contributed by atoms with Crippen molar-refractivity contribution in [3.8, 4) is 0 Å². The first-order valence-corrected chi connectivity index (χ1v) is 44.8. The van der Waals surface area contributed by atoms with E-state index < -0.39 is 97.5 Å². The molecular weight excluding hydrogens is 1290 g/mol. The normalized spacial score (nSPS) is 13.8. The number of rotatable bonds is 81. The van der Waals surface area contributed by atoms with E-state index in [1.54, 1.807) is 0 Å². The highest BCUT2D eigenvalue weighted by Gasteiger charge is 2.30. The predicted molar refractivity (Wildman–Crippen MR) is 405 cm³/mol. The Hall–Kier alpha value is -1.94. The molecule has 3 N–H and O–H groups in total. The SMILES string of the molecule is CCCCCCCCCCCCCCCCCCCC(=O)OC[C@H](COP(=O)(O)OC[C@@H](O)COP(=O)(O)OC[C@@H](COC(=O)CCCCCCCCCCC)OC(=O)CCCCCCCCCCCCCCCCCC)OC(=O)CCCCCCCCCCCCCCCCCCC. The quantitative estimate of drug-likeness (QED) is 0.0222. The first-order valence-electron chi connectivity index (χ1n) is 41.8. The molecule has 588 valence electrons. The highest BCUT2D eigenvalue weighted by atomic mass is 31.2. The molecule has 0 radical (unpaired) electrons. The van der Waals surface area contributed by atoms with Crippen molar-refractivity contribution in [2.75, 3.05) is 39.6 Å². The molecule has 0 aliphatic heterocycles. The summed E-state index contributed by atoms with van der Waals surface area (Å²) in [5.41, 5.74) is 0. The van der Waals surface area contributed by atoms with Gasteiger partial charge in [0.1, 0.15) is 19.3 Å². The number of carbonyl (C=O) groups is 4. The maximum absolute atomic E-state index is 13.1. The van der Waals surface area contributed by atoms with Crippen molar-refractivity contribution >= 4 is 39.5 Å². The number of unbranched alkanes of at least 4 members (excludes halogenated alkanes) is 55. The number of carbonyl (C=O) groups excluding carboxylic acids is 4. The van der Waals surface area contributed by atoms with E-state index in [1.165, 1.54) is 263 Å². The topological polar surface area (TPSA) is 237 Å². The highest BCUT2D eigenvalue weighted by Crippen LogP contribution is 2.45. The van der Waals surface area contributed by atoms with Crippen LogP contribution < -0.4 is 0 Å². The predicted octanol–water partition coefficient (Wildman–Crippen LogP) is 24.2. The third-order valence-corrected chi connectivity index (χ3v) is 20.8. The number of phosphoric acid groups is 2. The lowest BCUT2D eigenvalue weighted by molar-refractivity contribution is -0.161. The lowest BCUT2D eigenvalue weighted by Crippen LogP contribution is -2.30. The zero-order valence-electron chi connectivity index (χ0n) is 64.5. The van der Waals surface area contributed by atoms with Gasteiger partial charge in [-0.25, -0.2) is 9.13 Å². The standard InChI is InChI=1S/C80H156O17P2/c1-5-9-13-17-21-25-28-31-34-37-40-42-45-49-53-57-61-65-78(83)91-71-76(97-80(85)67-63-59-55-51-47-44-41-38-35-32-29-26-22-18-14-10-6-2)73-95-99(88,89)93-69-74(81)68-92-98(86,87)94-72-75(70-90-77(82)64-60-56-52-48-24-20-16-12-8-4)96-79(84)66-62-58-54-50-46-43-39-36-33-30-27-23-19-15-11-7-3/h74-76,81H,5-73H2,1-4H3,(H,86,87)(H,88,89)/t74-,75+,76+/m0/s1. The van der Waals surface area contributed by atoms with Crippen LogP contribution in [0.4, 0.5) is 0 Å². The van der Waals surface area contributed by atoms with Crippen molar-refractivity contribution in [1.82, 2.24) is 0 Å². The summed E-state index contributed by atoms with van der Waals surface area (Å²) in [4.78, 5) is 73.0. The van der Waals surface area contributed by atoms with E-state index in [1.807, 2.05) is 0 Å². The molecule has 99 heavy (non-hydrogen) atoms. The molecule has 0 fully saturated rings. The monoisotopic (exact) mass is 1450 g/mol. The molecule has 0 spiro atoms. The number of hydrogen-bond donors (Lipinski definition) is 3. The fraction of sp³-hybridized carbons (Fsp3) is 0.950. The van der Waals surface area contributed by atoms with Crippen LogP contribution in [0.1, 0.15) is 432 Å². The van der Waals surface area contributed by atoms with Crippen molar-refractivity contribution in [2.45, 2.75) is 451 Å². The molecule has 0 bridgehead atoms. The van der Waals surface area contributed by atoms with Gasteiger partial charge in [-0.3, -0.25) is 37.3 Å². The molecule has 0 heterocycles. The van der Waals surface area contributed by atoms with Crippen molar-refractivity contribution in [3.63, 3.8) is 0 Å². The molecule has 0 aromatic heterocycles. The van der Waals surface area contributed by atoms with Crippen LogP contribution in [0.2, 0.25) is 0 Å². The van der Waals surface area contributed by atoms with Gasteiger partial charge in [0.15, 0.2) is 12.2 Å². The lowest BCUT2D eigenvalue weighted by Gasteiger charge is -2.21. The Balaban J connectivity index is 5.22. The number of hydrogen-bond acceptors (Lipinski definition) is 15. The summed E-state index contributed by atoms with van der Waals surface area (Å²) in [7, 11) is -9.91. The molecule has 0 rings (SSSR count). The molecular formula is C80H156O17P2. The number of esters is 4.